The Kier molecular flexibility index (Phi) is 2.74. The lowest BCUT2D eigenvalue weighted by atomic mass is 10.1. The summed E-state index contributed by atoms with van der Waals surface area (Å²) in [6, 6.07) is 2.70. The van der Waals surface area contributed by atoms with Crippen molar-refractivity contribution in [1.82, 2.24) is 15.3 Å². The van der Waals surface area contributed by atoms with Gasteiger partial charge in [-0.3, -0.25) is 0 Å². The first kappa shape index (κ1) is 9.55. The molecule has 0 amide bonds. The fraction of sp³-hybridized carbons (Fsp3) is 0.600. The van der Waals surface area contributed by atoms with Crippen LogP contribution >= 0.6 is 0 Å². The van der Waals surface area contributed by atoms with E-state index in [1.807, 2.05) is 13.0 Å². The summed E-state index contributed by atoms with van der Waals surface area (Å²) in [7, 11) is 0. The van der Waals surface area contributed by atoms with Gasteiger partial charge in [0.25, 0.3) is 0 Å². The lowest BCUT2D eigenvalue weighted by Gasteiger charge is -2.29. The first-order valence-corrected chi connectivity index (χ1v) is 4.89. The van der Waals surface area contributed by atoms with E-state index >= 15 is 0 Å². The summed E-state index contributed by atoms with van der Waals surface area (Å²) < 4.78 is 5.10. The Morgan fingerprint density at radius 3 is 2.93 bits per heavy atom. The maximum absolute atomic E-state index is 5.10. The van der Waals surface area contributed by atoms with Crippen LogP contribution in [0.4, 0.5) is 0 Å². The Hall–Kier alpha value is -1.00. The Labute approximate surface area is 83.7 Å². The summed E-state index contributed by atoms with van der Waals surface area (Å²) in [5, 5.41) is 3.44. The van der Waals surface area contributed by atoms with Crippen molar-refractivity contribution in [2.24, 2.45) is 0 Å². The van der Waals surface area contributed by atoms with Gasteiger partial charge < -0.3 is 10.1 Å². The van der Waals surface area contributed by atoms with Gasteiger partial charge in [0, 0.05) is 12.2 Å². The largest absolute Gasteiger partial charge is 0.378 e. The highest BCUT2D eigenvalue weighted by Crippen LogP contribution is 2.12. The van der Waals surface area contributed by atoms with Crippen molar-refractivity contribution in [3.05, 3.63) is 23.8 Å². The summed E-state index contributed by atoms with van der Waals surface area (Å²) in [5.41, 5.74) is 1.05. The van der Waals surface area contributed by atoms with Crippen molar-refractivity contribution in [2.75, 3.05) is 13.2 Å². The highest BCUT2D eigenvalue weighted by Gasteiger charge is 2.20. The highest BCUT2D eigenvalue weighted by atomic mass is 16.5. The molecule has 0 spiro atoms. The molecule has 1 N–H and O–H groups in total. The molecule has 1 unspecified atom stereocenters. The molecular formula is C10H15N3O. The molecule has 2 rings (SSSR count). The summed E-state index contributed by atoms with van der Waals surface area (Å²) in [5.74, 6) is 0.820. The molecule has 1 aliphatic heterocycles. The van der Waals surface area contributed by atoms with Crippen molar-refractivity contribution >= 4 is 0 Å². The molecule has 0 aliphatic carbocycles. The van der Waals surface area contributed by atoms with Gasteiger partial charge in [-0.15, -0.1) is 0 Å². The van der Waals surface area contributed by atoms with E-state index in [1.165, 1.54) is 0 Å². The average Bonchev–Trinajstić information content (AvgIpc) is 2.11. The van der Waals surface area contributed by atoms with E-state index in [2.05, 4.69) is 22.2 Å². The minimum atomic E-state index is 0.269. The molecule has 1 saturated heterocycles. The van der Waals surface area contributed by atoms with Crippen molar-refractivity contribution in [3.63, 3.8) is 0 Å². The van der Waals surface area contributed by atoms with Gasteiger partial charge >= 0.3 is 0 Å². The van der Waals surface area contributed by atoms with E-state index in [9.17, 15) is 0 Å². The molecule has 1 aromatic rings. The molecule has 1 aliphatic rings. The van der Waals surface area contributed by atoms with Crippen LogP contribution in [-0.2, 0) is 4.74 Å². The van der Waals surface area contributed by atoms with Crippen molar-refractivity contribution < 1.29 is 4.74 Å². The second-order valence-electron chi connectivity index (χ2n) is 3.65. The van der Waals surface area contributed by atoms with Crippen LogP contribution in [0, 0.1) is 6.92 Å². The molecular weight excluding hydrogens is 178 g/mol. The number of rotatable bonds is 3. The molecule has 4 nitrogen and oxygen atoms in total. The van der Waals surface area contributed by atoms with Crippen LogP contribution in [0.2, 0.25) is 0 Å². The van der Waals surface area contributed by atoms with Gasteiger partial charge in [-0.1, -0.05) is 0 Å². The van der Waals surface area contributed by atoms with Gasteiger partial charge in [0.05, 0.1) is 24.9 Å². The highest BCUT2D eigenvalue weighted by molar-refractivity contribution is 5.06. The maximum atomic E-state index is 5.10. The predicted molar refractivity (Wildman–Crippen MR) is 52.9 cm³/mol. The van der Waals surface area contributed by atoms with E-state index < -0.39 is 0 Å². The molecule has 1 atom stereocenters. The molecule has 1 aromatic heterocycles. The maximum Gasteiger partial charge on any atom is 0.125 e. The third-order valence-corrected chi connectivity index (χ3v) is 2.36. The molecule has 0 aromatic carbocycles. The Morgan fingerprint density at radius 1 is 1.57 bits per heavy atom. The van der Waals surface area contributed by atoms with Crippen molar-refractivity contribution in [2.45, 2.75) is 25.9 Å². The number of aryl methyl sites for hydroxylation is 1. The summed E-state index contributed by atoms with van der Waals surface area (Å²) >= 11 is 0. The van der Waals surface area contributed by atoms with Gasteiger partial charge in [0.15, 0.2) is 0 Å². The molecule has 76 valence electrons. The smallest absolute Gasteiger partial charge is 0.125 e. The summed E-state index contributed by atoms with van der Waals surface area (Å²) in [6.07, 6.45) is 1.80. The quantitative estimate of drug-likeness (QED) is 0.772. The first-order chi connectivity index (χ1) is 6.75. The topological polar surface area (TPSA) is 47.0 Å². The average molecular weight is 193 g/mol. The first-order valence-electron chi connectivity index (χ1n) is 4.89. The molecule has 1 fully saturated rings. The van der Waals surface area contributed by atoms with Crippen LogP contribution < -0.4 is 5.32 Å². The van der Waals surface area contributed by atoms with Crippen LogP contribution in [-0.4, -0.2) is 29.2 Å². The van der Waals surface area contributed by atoms with E-state index in [0.29, 0.717) is 6.04 Å². The minimum absolute atomic E-state index is 0.269. The number of nitrogens with one attached hydrogen (secondary N) is 1. The zero-order valence-electron chi connectivity index (χ0n) is 8.53. The van der Waals surface area contributed by atoms with E-state index in [4.69, 9.17) is 4.74 Å². The number of ether oxygens (including phenoxy) is 1. The van der Waals surface area contributed by atoms with Gasteiger partial charge in [0.2, 0.25) is 0 Å². The summed E-state index contributed by atoms with van der Waals surface area (Å²) in [6.45, 7) is 5.64. The lowest BCUT2D eigenvalue weighted by molar-refractivity contribution is -0.00944. The van der Waals surface area contributed by atoms with Gasteiger partial charge in [-0.25, -0.2) is 9.97 Å². The van der Waals surface area contributed by atoms with Crippen molar-refractivity contribution in [1.29, 1.82) is 0 Å². The normalized spacial score (nSPS) is 19.0. The van der Waals surface area contributed by atoms with Crippen LogP contribution in [0.15, 0.2) is 12.3 Å². The third kappa shape index (κ3) is 2.08. The van der Waals surface area contributed by atoms with Crippen LogP contribution in [0.25, 0.3) is 0 Å². The number of hydrogen-bond acceptors (Lipinski definition) is 4. The molecule has 0 radical (unpaired) electrons. The van der Waals surface area contributed by atoms with E-state index in [0.717, 1.165) is 24.7 Å². The Balaban J connectivity index is 1.98. The minimum Gasteiger partial charge on any atom is -0.378 e. The van der Waals surface area contributed by atoms with Gasteiger partial charge in [0.1, 0.15) is 5.82 Å². The van der Waals surface area contributed by atoms with E-state index in [-0.39, 0.29) is 6.04 Å². The molecule has 0 bridgehead atoms. The zero-order valence-corrected chi connectivity index (χ0v) is 8.53. The van der Waals surface area contributed by atoms with Gasteiger partial charge in [-0.05, 0) is 19.9 Å². The fourth-order valence-electron chi connectivity index (χ4n) is 1.49. The zero-order chi connectivity index (χ0) is 9.97. The van der Waals surface area contributed by atoms with Crippen LogP contribution in [0.3, 0.4) is 0 Å². The fourth-order valence-corrected chi connectivity index (χ4v) is 1.49. The molecule has 2 heterocycles. The van der Waals surface area contributed by atoms with E-state index in [1.54, 1.807) is 6.20 Å². The molecule has 14 heavy (non-hydrogen) atoms. The Morgan fingerprint density at radius 2 is 2.36 bits per heavy atom. The Bertz CT molecular complexity index is 312. The SMILES string of the molecule is Cc1nccc(C(C)NC2COC2)n1. The van der Waals surface area contributed by atoms with Crippen LogP contribution in [0.1, 0.15) is 24.5 Å². The van der Waals surface area contributed by atoms with Gasteiger partial charge in [-0.2, -0.15) is 0 Å². The third-order valence-electron chi connectivity index (χ3n) is 2.36. The second kappa shape index (κ2) is 4.02. The van der Waals surface area contributed by atoms with Crippen molar-refractivity contribution in [3.8, 4) is 0 Å². The lowest BCUT2D eigenvalue weighted by Crippen LogP contribution is -2.46. The van der Waals surface area contributed by atoms with Crippen LogP contribution in [0.5, 0.6) is 0 Å². The predicted octanol–water partition coefficient (Wildman–Crippen LogP) is 0.834. The molecule has 0 saturated carbocycles. The standard InChI is InChI=1S/C10H15N3O/c1-7(12-9-5-14-6-9)10-3-4-11-8(2)13-10/h3-4,7,9,12H,5-6H2,1-2H3. The second-order valence-corrected chi connectivity index (χ2v) is 3.65. The summed E-state index contributed by atoms with van der Waals surface area (Å²) in [4.78, 5) is 8.44. The monoisotopic (exact) mass is 193 g/mol. The number of nitrogens with zero attached hydrogens (tertiary/aromatic N) is 2. The molecule has 4 heteroatoms. The number of hydrogen-bond donors (Lipinski definition) is 1. The number of aromatic nitrogens is 2.